The van der Waals surface area contributed by atoms with Gasteiger partial charge in [-0.25, -0.2) is 0 Å². The molecule has 1 aliphatic rings. The van der Waals surface area contributed by atoms with Crippen LogP contribution in [0.3, 0.4) is 0 Å². The van der Waals surface area contributed by atoms with E-state index < -0.39 is 24.0 Å². The SMILES string of the molecule is CC(C)[C@H]1COC(OS)N1C(=O)[C@@H](N)C(C)(C)O. The van der Waals surface area contributed by atoms with Gasteiger partial charge in [-0.2, -0.15) is 0 Å². The lowest BCUT2D eigenvalue weighted by Crippen LogP contribution is -2.58. The van der Waals surface area contributed by atoms with Crippen molar-refractivity contribution in [3.05, 3.63) is 0 Å². The molecule has 7 heteroatoms. The predicted octanol–water partition coefficient (Wildman–Crippen LogP) is 0.113. The molecule has 0 aliphatic carbocycles. The van der Waals surface area contributed by atoms with Gasteiger partial charge in [-0.1, -0.05) is 13.8 Å². The van der Waals surface area contributed by atoms with Gasteiger partial charge in [0.2, 0.25) is 5.91 Å². The van der Waals surface area contributed by atoms with Gasteiger partial charge < -0.3 is 15.6 Å². The molecule has 0 aromatic rings. The first-order chi connectivity index (χ1) is 8.20. The van der Waals surface area contributed by atoms with E-state index in [1.165, 1.54) is 18.7 Å². The van der Waals surface area contributed by atoms with Gasteiger partial charge in [-0.3, -0.25) is 13.9 Å². The van der Waals surface area contributed by atoms with Crippen LogP contribution in [-0.2, 0) is 13.7 Å². The van der Waals surface area contributed by atoms with E-state index in [9.17, 15) is 9.90 Å². The summed E-state index contributed by atoms with van der Waals surface area (Å²) >= 11 is 3.70. The minimum absolute atomic E-state index is 0.136. The highest BCUT2D eigenvalue weighted by molar-refractivity contribution is 7.75. The zero-order valence-corrected chi connectivity index (χ0v) is 12.1. The zero-order chi connectivity index (χ0) is 14.1. The molecule has 1 saturated heterocycles. The lowest BCUT2D eigenvalue weighted by Gasteiger charge is -2.34. The maximum Gasteiger partial charge on any atom is 0.254 e. The molecular weight excluding hydrogens is 256 g/mol. The van der Waals surface area contributed by atoms with Crippen LogP contribution in [0.4, 0.5) is 0 Å². The Kier molecular flexibility index (Phi) is 5.02. The van der Waals surface area contributed by atoms with Crippen molar-refractivity contribution >= 4 is 18.8 Å². The molecule has 3 N–H and O–H groups in total. The quantitative estimate of drug-likeness (QED) is 0.502. The summed E-state index contributed by atoms with van der Waals surface area (Å²) in [5.74, 6) is -0.214. The lowest BCUT2D eigenvalue weighted by molar-refractivity contribution is -0.161. The van der Waals surface area contributed by atoms with Gasteiger partial charge in [0.25, 0.3) is 6.41 Å². The van der Waals surface area contributed by atoms with Crippen molar-refractivity contribution < 1.29 is 18.8 Å². The van der Waals surface area contributed by atoms with Crippen LogP contribution in [0.1, 0.15) is 27.7 Å². The molecule has 1 heterocycles. The van der Waals surface area contributed by atoms with Crippen LogP contribution < -0.4 is 5.73 Å². The molecule has 1 amide bonds. The Morgan fingerprint density at radius 3 is 2.56 bits per heavy atom. The molecule has 6 nitrogen and oxygen atoms in total. The topological polar surface area (TPSA) is 85.0 Å². The van der Waals surface area contributed by atoms with E-state index in [2.05, 4.69) is 12.9 Å². The van der Waals surface area contributed by atoms with Crippen LogP contribution in [0, 0.1) is 5.92 Å². The molecule has 1 unspecified atom stereocenters. The number of carbonyl (C=O) groups excluding carboxylic acids is 1. The van der Waals surface area contributed by atoms with Gasteiger partial charge in [0, 0.05) is 0 Å². The van der Waals surface area contributed by atoms with Crippen molar-refractivity contribution in [3.8, 4) is 0 Å². The van der Waals surface area contributed by atoms with Crippen molar-refractivity contribution in [2.45, 2.75) is 51.8 Å². The lowest BCUT2D eigenvalue weighted by atomic mass is 9.96. The summed E-state index contributed by atoms with van der Waals surface area (Å²) < 4.78 is 10.2. The normalized spacial score (nSPS) is 26.8. The van der Waals surface area contributed by atoms with Crippen LogP contribution in [-0.4, -0.2) is 46.6 Å². The van der Waals surface area contributed by atoms with Crippen LogP contribution in [0.15, 0.2) is 0 Å². The first kappa shape index (κ1) is 15.7. The fraction of sp³-hybridized carbons (Fsp3) is 0.909. The van der Waals surface area contributed by atoms with E-state index >= 15 is 0 Å². The standard InChI is InChI=1S/C11H22N2O4S/c1-6(2)7-5-16-10(17-18)13(7)9(14)8(12)11(3,4)15/h6-8,10,15,18H,5,12H2,1-4H3/t7-,8-,10?/m1/s1. The van der Waals surface area contributed by atoms with Gasteiger partial charge in [0.15, 0.2) is 0 Å². The van der Waals surface area contributed by atoms with Crippen molar-refractivity contribution in [2.24, 2.45) is 11.7 Å². The van der Waals surface area contributed by atoms with E-state index in [0.29, 0.717) is 6.61 Å². The average Bonchev–Trinajstić information content (AvgIpc) is 2.69. The molecule has 1 aliphatic heterocycles. The van der Waals surface area contributed by atoms with Gasteiger partial charge in [0.05, 0.1) is 18.2 Å². The Hall–Kier alpha value is -0.340. The second-order valence-electron chi connectivity index (χ2n) is 5.43. The van der Waals surface area contributed by atoms with Crippen LogP contribution in [0.2, 0.25) is 0 Å². The highest BCUT2D eigenvalue weighted by atomic mass is 32.1. The fourth-order valence-corrected chi connectivity index (χ4v) is 1.99. The number of rotatable bonds is 4. The number of hydrogen-bond acceptors (Lipinski definition) is 6. The van der Waals surface area contributed by atoms with Gasteiger partial charge >= 0.3 is 0 Å². The number of carbonyl (C=O) groups is 1. The summed E-state index contributed by atoms with van der Waals surface area (Å²) in [6.07, 6.45) is -0.860. The first-order valence-corrected chi connectivity index (χ1v) is 6.28. The molecule has 0 aromatic carbocycles. The molecule has 18 heavy (non-hydrogen) atoms. The van der Waals surface area contributed by atoms with E-state index in [-0.39, 0.29) is 12.0 Å². The summed E-state index contributed by atoms with van der Waals surface area (Å²) in [4.78, 5) is 13.7. The second-order valence-corrected chi connectivity index (χ2v) is 5.64. The Balaban J connectivity index is 2.91. The number of hydrogen-bond donors (Lipinski definition) is 3. The molecule has 0 aromatic heterocycles. The van der Waals surface area contributed by atoms with E-state index in [0.717, 1.165) is 0 Å². The zero-order valence-electron chi connectivity index (χ0n) is 11.2. The summed E-state index contributed by atoms with van der Waals surface area (Å²) in [7, 11) is 0. The molecule has 1 fully saturated rings. The Labute approximate surface area is 113 Å². The minimum atomic E-state index is -1.30. The highest BCUT2D eigenvalue weighted by Crippen LogP contribution is 2.26. The van der Waals surface area contributed by atoms with Crippen molar-refractivity contribution in [1.82, 2.24) is 4.90 Å². The largest absolute Gasteiger partial charge is 0.388 e. The van der Waals surface area contributed by atoms with Gasteiger partial charge in [0.1, 0.15) is 6.04 Å². The van der Waals surface area contributed by atoms with Gasteiger partial charge in [-0.05, 0) is 32.7 Å². The predicted molar refractivity (Wildman–Crippen MR) is 69.6 cm³/mol. The maximum atomic E-state index is 12.3. The summed E-state index contributed by atoms with van der Waals surface area (Å²) in [6, 6.07) is -1.17. The fourth-order valence-electron chi connectivity index (χ4n) is 1.82. The average molecular weight is 278 g/mol. The molecular formula is C11H22N2O4S. The monoisotopic (exact) mass is 278 g/mol. The number of amides is 1. The Morgan fingerprint density at radius 1 is 1.61 bits per heavy atom. The second kappa shape index (κ2) is 5.75. The molecule has 0 bridgehead atoms. The summed E-state index contributed by atoms with van der Waals surface area (Å²) in [6.45, 7) is 7.31. The third-order valence-corrected chi connectivity index (χ3v) is 3.32. The minimum Gasteiger partial charge on any atom is -0.388 e. The highest BCUT2D eigenvalue weighted by Gasteiger charge is 2.44. The Morgan fingerprint density at radius 2 is 2.17 bits per heavy atom. The molecule has 0 spiro atoms. The third-order valence-electron chi connectivity index (χ3n) is 3.14. The maximum absolute atomic E-state index is 12.3. The molecule has 0 saturated carbocycles. The van der Waals surface area contributed by atoms with E-state index in [1.807, 2.05) is 13.8 Å². The van der Waals surface area contributed by atoms with E-state index in [1.54, 1.807) is 0 Å². The van der Waals surface area contributed by atoms with Crippen molar-refractivity contribution in [1.29, 1.82) is 0 Å². The number of aliphatic hydroxyl groups is 1. The smallest absolute Gasteiger partial charge is 0.254 e. The van der Waals surface area contributed by atoms with Crippen LogP contribution >= 0.6 is 12.9 Å². The molecule has 3 atom stereocenters. The Bertz CT molecular complexity index is 306. The van der Waals surface area contributed by atoms with Crippen molar-refractivity contribution in [2.75, 3.05) is 6.61 Å². The molecule has 106 valence electrons. The number of nitrogens with zero attached hydrogens (tertiary/aromatic N) is 1. The molecule has 1 rings (SSSR count). The summed E-state index contributed by atoms with van der Waals surface area (Å²) in [5, 5.41) is 9.83. The third kappa shape index (κ3) is 3.16. The first-order valence-electron chi connectivity index (χ1n) is 5.92. The van der Waals surface area contributed by atoms with Crippen LogP contribution in [0.5, 0.6) is 0 Å². The van der Waals surface area contributed by atoms with Gasteiger partial charge in [-0.15, -0.1) is 0 Å². The number of nitrogens with two attached hydrogens (primary N) is 1. The number of ether oxygens (including phenoxy) is 1. The van der Waals surface area contributed by atoms with Crippen molar-refractivity contribution in [3.63, 3.8) is 0 Å². The summed E-state index contributed by atoms with van der Waals surface area (Å²) in [5.41, 5.74) is 4.47. The van der Waals surface area contributed by atoms with E-state index in [4.69, 9.17) is 14.7 Å². The molecule has 0 radical (unpaired) electrons. The van der Waals surface area contributed by atoms with Crippen LogP contribution in [0.25, 0.3) is 0 Å². The number of thiol groups is 1.